The second-order valence-corrected chi connectivity index (χ2v) is 5.28. The molecular formula is C16H17N5O2. The molecule has 2 aromatic heterocycles. The fraction of sp³-hybridized carbons (Fsp3) is 0.188. The van der Waals surface area contributed by atoms with Gasteiger partial charge in [-0.05, 0) is 11.6 Å². The van der Waals surface area contributed by atoms with Crippen LogP contribution in [0.5, 0.6) is 0 Å². The number of aliphatic carboxylic acids is 1. The summed E-state index contributed by atoms with van der Waals surface area (Å²) in [7, 11) is 0. The molecular weight excluding hydrogens is 294 g/mol. The summed E-state index contributed by atoms with van der Waals surface area (Å²) in [4.78, 5) is 22.5. The number of nitrogens with one attached hydrogen (secondary N) is 2. The minimum Gasteiger partial charge on any atom is -0.480 e. The van der Waals surface area contributed by atoms with E-state index < -0.39 is 12.0 Å². The molecule has 3 rings (SSSR count). The average molecular weight is 311 g/mol. The summed E-state index contributed by atoms with van der Waals surface area (Å²) in [6.45, 7) is 0.361. The number of para-hydroxylation sites is 1. The summed E-state index contributed by atoms with van der Waals surface area (Å²) in [5.41, 5.74) is 8.18. The van der Waals surface area contributed by atoms with Crippen LogP contribution in [0.4, 0.5) is 5.95 Å². The summed E-state index contributed by atoms with van der Waals surface area (Å²) < 4.78 is 0. The van der Waals surface area contributed by atoms with Gasteiger partial charge in [-0.2, -0.15) is 0 Å². The van der Waals surface area contributed by atoms with E-state index in [9.17, 15) is 9.90 Å². The maximum absolute atomic E-state index is 11.5. The van der Waals surface area contributed by atoms with Gasteiger partial charge in [0.2, 0.25) is 5.95 Å². The molecule has 1 aromatic carbocycles. The number of benzene rings is 1. The Kier molecular flexibility index (Phi) is 4.20. The number of anilines is 1. The van der Waals surface area contributed by atoms with Crippen LogP contribution in [-0.2, 0) is 17.8 Å². The third kappa shape index (κ3) is 3.46. The molecule has 118 valence electrons. The molecule has 0 radical (unpaired) electrons. The number of nitrogens with two attached hydrogens (primary N) is 1. The Labute approximate surface area is 132 Å². The monoisotopic (exact) mass is 311 g/mol. The van der Waals surface area contributed by atoms with Crippen molar-refractivity contribution >= 4 is 22.8 Å². The normalized spacial score (nSPS) is 12.3. The molecule has 0 aliphatic rings. The third-order valence-corrected chi connectivity index (χ3v) is 3.67. The summed E-state index contributed by atoms with van der Waals surface area (Å²) in [6, 6.07) is 7.12. The Morgan fingerprint density at radius 1 is 1.30 bits per heavy atom. The lowest BCUT2D eigenvalue weighted by molar-refractivity contribution is -0.139. The number of nitrogens with zero attached hydrogens (tertiary/aromatic N) is 2. The minimum absolute atomic E-state index is 0.197. The quantitative estimate of drug-likeness (QED) is 0.545. The van der Waals surface area contributed by atoms with Gasteiger partial charge >= 0.3 is 5.97 Å². The van der Waals surface area contributed by atoms with Gasteiger partial charge < -0.3 is 15.8 Å². The van der Waals surface area contributed by atoms with E-state index in [1.54, 1.807) is 12.4 Å². The van der Waals surface area contributed by atoms with Crippen LogP contribution in [0, 0.1) is 0 Å². The molecule has 0 aliphatic heterocycles. The molecule has 1 atom stereocenters. The van der Waals surface area contributed by atoms with Crippen LogP contribution in [0.2, 0.25) is 0 Å². The number of carbonyl (C=O) groups is 1. The van der Waals surface area contributed by atoms with Crippen molar-refractivity contribution in [1.82, 2.24) is 20.3 Å². The first-order valence-corrected chi connectivity index (χ1v) is 7.21. The predicted molar refractivity (Wildman–Crippen MR) is 86.7 cm³/mol. The molecule has 1 unspecified atom stereocenters. The zero-order chi connectivity index (χ0) is 16.2. The van der Waals surface area contributed by atoms with Crippen molar-refractivity contribution in [3.05, 3.63) is 54.0 Å². The van der Waals surface area contributed by atoms with Crippen LogP contribution in [0.3, 0.4) is 0 Å². The molecule has 0 aliphatic carbocycles. The lowest BCUT2D eigenvalue weighted by atomic mass is 10.0. The van der Waals surface area contributed by atoms with Gasteiger partial charge in [0.15, 0.2) is 0 Å². The number of rotatable bonds is 6. The summed E-state index contributed by atoms with van der Waals surface area (Å²) in [5, 5.41) is 13.5. The van der Waals surface area contributed by atoms with Gasteiger partial charge in [-0.25, -0.2) is 9.97 Å². The highest BCUT2D eigenvalue weighted by molar-refractivity contribution is 5.84. The Morgan fingerprint density at radius 3 is 2.78 bits per heavy atom. The van der Waals surface area contributed by atoms with E-state index in [2.05, 4.69) is 20.3 Å². The Hall–Kier alpha value is -2.93. The van der Waals surface area contributed by atoms with Crippen molar-refractivity contribution in [2.45, 2.75) is 19.0 Å². The van der Waals surface area contributed by atoms with Gasteiger partial charge in [0.25, 0.3) is 0 Å². The first-order chi connectivity index (χ1) is 11.1. The highest BCUT2D eigenvalue weighted by Crippen LogP contribution is 2.19. The number of aromatic nitrogens is 3. The van der Waals surface area contributed by atoms with Crippen molar-refractivity contribution in [2.75, 3.05) is 5.73 Å². The largest absolute Gasteiger partial charge is 0.480 e. The lowest BCUT2D eigenvalue weighted by Gasteiger charge is -2.14. The molecule has 0 fully saturated rings. The SMILES string of the molecule is Nc1ncc(CNC(Cc2c[nH]c3ccccc23)C(=O)O)cn1. The van der Waals surface area contributed by atoms with Crippen molar-refractivity contribution in [3.63, 3.8) is 0 Å². The number of carboxylic acids is 1. The fourth-order valence-electron chi connectivity index (χ4n) is 2.46. The molecule has 0 amide bonds. The smallest absolute Gasteiger partial charge is 0.321 e. The van der Waals surface area contributed by atoms with Crippen LogP contribution in [0.15, 0.2) is 42.9 Å². The van der Waals surface area contributed by atoms with Crippen LogP contribution in [-0.4, -0.2) is 32.1 Å². The van der Waals surface area contributed by atoms with E-state index in [-0.39, 0.29) is 5.95 Å². The molecule has 0 saturated carbocycles. The first-order valence-electron chi connectivity index (χ1n) is 7.21. The van der Waals surface area contributed by atoms with Crippen molar-refractivity contribution in [1.29, 1.82) is 0 Å². The number of nitrogen functional groups attached to an aromatic ring is 1. The number of carboxylic acid groups (broad SMARTS) is 1. The summed E-state index contributed by atoms with van der Waals surface area (Å²) in [5.74, 6) is -0.700. The average Bonchev–Trinajstić information content (AvgIpc) is 2.96. The van der Waals surface area contributed by atoms with Gasteiger partial charge in [-0.15, -0.1) is 0 Å². The van der Waals surface area contributed by atoms with Gasteiger partial charge in [0, 0.05) is 48.0 Å². The van der Waals surface area contributed by atoms with Gasteiger partial charge in [-0.3, -0.25) is 10.1 Å². The second kappa shape index (κ2) is 6.45. The Morgan fingerprint density at radius 2 is 2.04 bits per heavy atom. The molecule has 23 heavy (non-hydrogen) atoms. The number of hydrogen-bond donors (Lipinski definition) is 4. The van der Waals surface area contributed by atoms with Crippen LogP contribution in [0.1, 0.15) is 11.1 Å². The molecule has 0 bridgehead atoms. The molecule has 2 heterocycles. The van der Waals surface area contributed by atoms with Crippen molar-refractivity contribution in [3.8, 4) is 0 Å². The topological polar surface area (TPSA) is 117 Å². The molecule has 7 nitrogen and oxygen atoms in total. The molecule has 5 N–H and O–H groups in total. The number of aromatic amines is 1. The van der Waals surface area contributed by atoms with Gasteiger partial charge in [0.05, 0.1) is 0 Å². The molecule has 0 spiro atoms. The highest BCUT2D eigenvalue weighted by atomic mass is 16.4. The number of fused-ring (bicyclic) bond motifs is 1. The number of hydrogen-bond acceptors (Lipinski definition) is 5. The molecule has 0 saturated heterocycles. The van der Waals surface area contributed by atoms with E-state index in [0.29, 0.717) is 13.0 Å². The number of H-pyrrole nitrogens is 1. The standard InChI is InChI=1S/C16H17N5O2/c17-16-20-7-10(8-21-16)6-18-14(15(22)23)5-11-9-19-13-4-2-1-3-12(11)13/h1-4,7-9,14,18-19H,5-6H2,(H,22,23)(H2,17,20,21). The van der Waals surface area contributed by atoms with Crippen molar-refractivity contribution < 1.29 is 9.90 Å². The summed E-state index contributed by atoms with van der Waals surface area (Å²) >= 11 is 0. The fourth-order valence-corrected chi connectivity index (χ4v) is 2.46. The zero-order valence-electron chi connectivity index (χ0n) is 12.4. The third-order valence-electron chi connectivity index (χ3n) is 3.67. The minimum atomic E-state index is -0.897. The van der Waals surface area contributed by atoms with Crippen LogP contribution >= 0.6 is 0 Å². The van der Waals surface area contributed by atoms with Gasteiger partial charge in [-0.1, -0.05) is 18.2 Å². The van der Waals surface area contributed by atoms with E-state index >= 15 is 0 Å². The van der Waals surface area contributed by atoms with E-state index in [1.165, 1.54) is 0 Å². The van der Waals surface area contributed by atoms with E-state index in [0.717, 1.165) is 22.0 Å². The Balaban J connectivity index is 1.71. The van der Waals surface area contributed by atoms with E-state index in [4.69, 9.17) is 5.73 Å². The molecule has 7 heteroatoms. The van der Waals surface area contributed by atoms with E-state index in [1.807, 2.05) is 30.5 Å². The Bertz CT molecular complexity index is 813. The lowest BCUT2D eigenvalue weighted by Crippen LogP contribution is -2.38. The second-order valence-electron chi connectivity index (χ2n) is 5.28. The van der Waals surface area contributed by atoms with Crippen molar-refractivity contribution in [2.24, 2.45) is 0 Å². The molecule has 3 aromatic rings. The predicted octanol–water partition coefficient (Wildman–Crippen LogP) is 1.33. The summed E-state index contributed by atoms with van der Waals surface area (Å²) in [6.07, 6.45) is 5.41. The maximum Gasteiger partial charge on any atom is 0.321 e. The van der Waals surface area contributed by atoms with Crippen LogP contribution < -0.4 is 11.1 Å². The zero-order valence-corrected chi connectivity index (χ0v) is 12.4. The first kappa shape index (κ1) is 15.0. The van der Waals surface area contributed by atoms with Gasteiger partial charge in [0.1, 0.15) is 6.04 Å². The highest BCUT2D eigenvalue weighted by Gasteiger charge is 2.19. The maximum atomic E-state index is 11.5. The van der Waals surface area contributed by atoms with Crippen LogP contribution in [0.25, 0.3) is 10.9 Å².